The van der Waals surface area contributed by atoms with Crippen LogP contribution in [0.2, 0.25) is 0 Å². The van der Waals surface area contributed by atoms with Gasteiger partial charge in [0, 0.05) is 6.54 Å². The number of aryl methyl sites for hydroxylation is 1. The number of hydrogen-bond donors (Lipinski definition) is 1. The molecule has 2 aromatic carbocycles. The highest BCUT2D eigenvalue weighted by Crippen LogP contribution is 2.46. The summed E-state index contributed by atoms with van der Waals surface area (Å²) in [6, 6.07) is 0.193. The first-order valence-electron chi connectivity index (χ1n) is 11.4. The van der Waals surface area contributed by atoms with E-state index in [1.807, 2.05) is 0 Å². The number of rotatable bonds is 4. The lowest BCUT2D eigenvalue weighted by molar-refractivity contribution is -0.143. The highest BCUT2D eigenvalue weighted by Gasteiger charge is 2.43. The van der Waals surface area contributed by atoms with Crippen LogP contribution in [0.5, 0.6) is 0 Å². The smallest absolute Gasteiger partial charge is 0.416 e. The molecule has 0 spiro atoms. The molecule has 0 radical (unpaired) electrons. The predicted molar refractivity (Wildman–Crippen MR) is 120 cm³/mol. The van der Waals surface area contributed by atoms with Crippen LogP contribution in [0, 0.1) is 0 Å². The van der Waals surface area contributed by atoms with Crippen LogP contribution in [-0.4, -0.2) is 44.0 Å². The van der Waals surface area contributed by atoms with Crippen molar-refractivity contribution in [2.24, 2.45) is 7.05 Å². The standard InChI is InChI=1S/C23H19F9N6O2/c1-3-15-10-37(17-9-12(21(24,25)26)4-5-16(17)38(15)20(39)40)18(19-33-35-36(2)34-19)11-6-13(22(27,28)29)8-14(7-11)23(30,31)32/h4-9,15,18H,3,10H2,1-2H3,(H,39,40). The van der Waals surface area contributed by atoms with Gasteiger partial charge in [0.25, 0.3) is 0 Å². The summed E-state index contributed by atoms with van der Waals surface area (Å²) in [5.74, 6) is -0.420. The number of hydrogen-bond acceptors (Lipinski definition) is 5. The molecule has 2 heterocycles. The fourth-order valence-electron chi connectivity index (χ4n) is 4.57. The first-order chi connectivity index (χ1) is 18.4. The molecule has 2 atom stereocenters. The van der Waals surface area contributed by atoms with Crippen LogP contribution in [0.3, 0.4) is 0 Å². The zero-order valence-electron chi connectivity index (χ0n) is 20.5. The van der Waals surface area contributed by atoms with E-state index in [1.165, 1.54) is 7.05 Å². The van der Waals surface area contributed by atoms with Gasteiger partial charge in [-0.05, 0) is 53.6 Å². The van der Waals surface area contributed by atoms with Gasteiger partial charge in [0.1, 0.15) is 6.04 Å². The monoisotopic (exact) mass is 582 g/mol. The third-order valence-electron chi connectivity index (χ3n) is 6.33. The van der Waals surface area contributed by atoms with Crippen molar-refractivity contribution in [1.82, 2.24) is 20.2 Å². The van der Waals surface area contributed by atoms with Crippen molar-refractivity contribution in [2.75, 3.05) is 16.3 Å². The van der Waals surface area contributed by atoms with Crippen molar-refractivity contribution in [3.05, 3.63) is 64.5 Å². The van der Waals surface area contributed by atoms with Crippen LogP contribution in [0.25, 0.3) is 0 Å². The van der Waals surface area contributed by atoms with Gasteiger partial charge in [-0.2, -0.15) is 44.3 Å². The lowest BCUT2D eigenvalue weighted by atomic mass is 9.94. The van der Waals surface area contributed by atoms with Crippen molar-refractivity contribution in [1.29, 1.82) is 0 Å². The number of anilines is 2. The number of nitrogens with zero attached hydrogens (tertiary/aromatic N) is 6. The molecule has 0 aliphatic carbocycles. The highest BCUT2D eigenvalue weighted by molar-refractivity contribution is 5.94. The quantitative estimate of drug-likeness (QED) is 0.372. The van der Waals surface area contributed by atoms with Crippen LogP contribution < -0.4 is 9.80 Å². The second-order valence-electron chi connectivity index (χ2n) is 8.95. The summed E-state index contributed by atoms with van der Waals surface area (Å²) in [6.07, 6.45) is -16.8. The molecule has 1 N–H and O–H groups in total. The molecule has 0 saturated heterocycles. The Hall–Kier alpha value is -4.05. The van der Waals surface area contributed by atoms with Crippen molar-refractivity contribution >= 4 is 17.5 Å². The van der Waals surface area contributed by atoms with Gasteiger partial charge in [-0.25, -0.2) is 4.79 Å². The van der Waals surface area contributed by atoms with Crippen LogP contribution in [-0.2, 0) is 25.6 Å². The van der Waals surface area contributed by atoms with E-state index in [9.17, 15) is 49.4 Å². The van der Waals surface area contributed by atoms with Gasteiger partial charge < -0.3 is 10.0 Å². The van der Waals surface area contributed by atoms with Crippen LogP contribution in [0.1, 0.15) is 47.5 Å². The topological polar surface area (TPSA) is 87.4 Å². The highest BCUT2D eigenvalue weighted by atomic mass is 19.4. The second-order valence-corrected chi connectivity index (χ2v) is 8.95. The Morgan fingerprint density at radius 2 is 1.50 bits per heavy atom. The Labute approximate surface area is 219 Å². The number of benzene rings is 2. The van der Waals surface area contributed by atoms with E-state index in [1.54, 1.807) is 6.92 Å². The van der Waals surface area contributed by atoms with Gasteiger partial charge >= 0.3 is 24.6 Å². The lowest BCUT2D eigenvalue weighted by Crippen LogP contribution is -2.52. The Kier molecular flexibility index (Phi) is 7.13. The molecule has 1 aliphatic heterocycles. The molecule has 0 bridgehead atoms. The molecule has 1 aliphatic rings. The summed E-state index contributed by atoms with van der Waals surface area (Å²) < 4.78 is 123. The maximum atomic E-state index is 13.7. The minimum Gasteiger partial charge on any atom is -0.465 e. The summed E-state index contributed by atoms with van der Waals surface area (Å²) in [6.45, 7) is 1.15. The van der Waals surface area contributed by atoms with Crippen molar-refractivity contribution < 1.29 is 49.4 Å². The molecule has 0 fully saturated rings. The number of tetrazole rings is 1. The molecular weight excluding hydrogens is 563 g/mol. The molecule has 0 saturated carbocycles. The fourth-order valence-corrected chi connectivity index (χ4v) is 4.57. The van der Waals surface area contributed by atoms with E-state index >= 15 is 0 Å². The zero-order chi connectivity index (χ0) is 29.8. The molecule has 8 nitrogen and oxygen atoms in total. The van der Waals surface area contributed by atoms with Gasteiger partial charge in [-0.1, -0.05) is 6.92 Å². The number of halogens is 9. The van der Waals surface area contributed by atoms with E-state index in [0.717, 1.165) is 20.7 Å². The van der Waals surface area contributed by atoms with Crippen LogP contribution in [0.15, 0.2) is 36.4 Å². The number of alkyl halides is 9. The number of amides is 1. The normalized spacial score (nSPS) is 17.1. The SMILES string of the molecule is CCC1CN(C(c2cc(C(F)(F)F)cc(C(F)(F)F)c2)c2nnn(C)n2)c2cc(C(F)(F)F)ccc2N1C(=O)O. The molecular formula is C23H19F9N6O2. The van der Waals surface area contributed by atoms with E-state index < -0.39 is 77.0 Å². The third kappa shape index (κ3) is 5.49. The van der Waals surface area contributed by atoms with Crippen molar-refractivity contribution in [3.63, 3.8) is 0 Å². The van der Waals surface area contributed by atoms with Crippen molar-refractivity contribution in [2.45, 2.75) is 44.0 Å². The maximum Gasteiger partial charge on any atom is 0.416 e. The van der Waals surface area contributed by atoms with Crippen LogP contribution in [0.4, 0.5) is 55.7 Å². The molecule has 40 heavy (non-hydrogen) atoms. The maximum absolute atomic E-state index is 13.7. The average molecular weight is 582 g/mol. The van der Waals surface area contributed by atoms with E-state index in [4.69, 9.17) is 0 Å². The summed E-state index contributed by atoms with van der Waals surface area (Å²) in [5.41, 5.74) is -5.85. The van der Waals surface area contributed by atoms with Gasteiger partial charge in [0.2, 0.25) is 5.82 Å². The average Bonchev–Trinajstić information content (AvgIpc) is 3.26. The Morgan fingerprint density at radius 3 is 1.95 bits per heavy atom. The fraction of sp³-hybridized carbons (Fsp3) is 0.391. The van der Waals surface area contributed by atoms with Crippen molar-refractivity contribution in [3.8, 4) is 0 Å². The molecule has 17 heteroatoms. The second kappa shape index (κ2) is 9.85. The number of carboxylic acid groups (broad SMARTS) is 1. The molecule has 1 amide bonds. The Balaban J connectivity index is 2.05. The number of carbonyl (C=O) groups is 1. The first kappa shape index (κ1) is 28.9. The molecule has 3 aromatic rings. The van der Waals surface area contributed by atoms with Gasteiger partial charge in [0.15, 0.2) is 0 Å². The molecule has 1 aromatic heterocycles. The third-order valence-corrected chi connectivity index (χ3v) is 6.33. The van der Waals surface area contributed by atoms with E-state index in [0.29, 0.717) is 24.3 Å². The number of aromatic nitrogens is 4. The van der Waals surface area contributed by atoms with Gasteiger partial charge in [0.05, 0.1) is 41.2 Å². The molecule has 2 unspecified atom stereocenters. The first-order valence-corrected chi connectivity index (χ1v) is 11.4. The van der Waals surface area contributed by atoms with Gasteiger partial charge in [-0.15, -0.1) is 10.2 Å². The summed E-state index contributed by atoms with van der Waals surface area (Å²) in [5, 5.41) is 21.1. The molecule has 216 valence electrons. The minimum atomic E-state index is -5.22. The van der Waals surface area contributed by atoms with E-state index in [-0.39, 0.29) is 18.2 Å². The predicted octanol–water partition coefficient (Wildman–Crippen LogP) is 6.14. The molecule has 4 rings (SSSR count). The Morgan fingerprint density at radius 1 is 0.925 bits per heavy atom. The largest absolute Gasteiger partial charge is 0.465 e. The minimum absolute atomic E-state index is 0.0857. The Bertz CT molecular complexity index is 1380. The lowest BCUT2D eigenvalue weighted by Gasteiger charge is -2.45. The zero-order valence-corrected chi connectivity index (χ0v) is 20.5. The number of fused-ring (bicyclic) bond motifs is 1. The van der Waals surface area contributed by atoms with Crippen LogP contribution >= 0.6 is 0 Å². The summed E-state index contributed by atoms with van der Waals surface area (Å²) in [4.78, 5) is 14.8. The summed E-state index contributed by atoms with van der Waals surface area (Å²) >= 11 is 0. The summed E-state index contributed by atoms with van der Waals surface area (Å²) in [7, 11) is 1.27. The van der Waals surface area contributed by atoms with Gasteiger partial charge in [-0.3, -0.25) is 4.90 Å². The van der Waals surface area contributed by atoms with E-state index in [2.05, 4.69) is 15.4 Å².